The van der Waals surface area contributed by atoms with E-state index in [1.54, 1.807) is 12.1 Å². The summed E-state index contributed by atoms with van der Waals surface area (Å²) in [4.78, 5) is 0. The summed E-state index contributed by atoms with van der Waals surface area (Å²) in [5.41, 5.74) is 6.25. The van der Waals surface area contributed by atoms with Crippen molar-refractivity contribution < 1.29 is 9.60 Å². The van der Waals surface area contributed by atoms with Crippen LogP contribution in [0.2, 0.25) is 0 Å². The van der Waals surface area contributed by atoms with E-state index in [0.717, 1.165) is 31.5 Å². The van der Waals surface area contributed by atoms with E-state index < -0.39 is 0 Å². The number of anilines is 1. The molecule has 0 amide bonds. The van der Waals surface area contributed by atoms with Crippen LogP contribution in [0, 0.1) is 11.2 Å². The summed E-state index contributed by atoms with van der Waals surface area (Å²) in [6.45, 7) is 4.72. The number of oxime groups is 1. The summed E-state index contributed by atoms with van der Waals surface area (Å²) in [5.74, 6) is 0.0325. The number of nitrogens with one attached hydrogen (secondary N) is 1. The number of nitrogens with two attached hydrogens (primary N) is 1. The number of unbranched alkanes of at least 4 members (excludes halogenated alkanes) is 1. The van der Waals surface area contributed by atoms with Crippen molar-refractivity contribution in [3.05, 3.63) is 30.1 Å². The molecule has 0 aromatic heterocycles. The average Bonchev–Trinajstić information content (AvgIpc) is 2.39. The van der Waals surface area contributed by atoms with E-state index in [4.69, 9.17) is 10.9 Å². The smallest absolute Gasteiger partial charge is 0.144 e. The Kier molecular flexibility index (Phi) is 5.60. The normalized spacial score (nSPS) is 12.5. The Labute approximate surface area is 113 Å². The fourth-order valence-electron chi connectivity index (χ4n) is 1.76. The zero-order chi connectivity index (χ0) is 14.3. The van der Waals surface area contributed by atoms with Gasteiger partial charge in [-0.2, -0.15) is 0 Å². The van der Waals surface area contributed by atoms with Gasteiger partial charge in [-0.1, -0.05) is 25.4 Å². The van der Waals surface area contributed by atoms with Crippen molar-refractivity contribution in [3.63, 3.8) is 0 Å². The summed E-state index contributed by atoms with van der Waals surface area (Å²) < 4.78 is 12.7. The van der Waals surface area contributed by atoms with Crippen LogP contribution >= 0.6 is 0 Å². The van der Waals surface area contributed by atoms with Crippen LogP contribution in [-0.2, 0) is 0 Å². The van der Waals surface area contributed by atoms with Gasteiger partial charge in [0.2, 0.25) is 0 Å². The molecule has 0 saturated heterocycles. The van der Waals surface area contributed by atoms with E-state index in [1.165, 1.54) is 12.1 Å². The van der Waals surface area contributed by atoms with E-state index in [9.17, 15) is 4.39 Å². The molecule has 4 N–H and O–H groups in total. The van der Waals surface area contributed by atoms with Gasteiger partial charge in [-0.25, -0.2) is 4.39 Å². The number of benzene rings is 1. The van der Waals surface area contributed by atoms with Gasteiger partial charge < -0.3 is 16.3 Å². The Balaban J connectivity index is 2.23. The molecule has 0 radical (unpaired) electrons. The molecular formula is C14H22FN3O. The van der Waals surface area contributed by atoms with Gasteiger partial charge in [0, 0.05) is 17.6 Å². The quantitative estimate of drug-likeness (QED) is 0.234. The topological polar surface area (TPSA) is 70.6 Å². The van der Waals surface area contributed by atoms with Crippen LogP contribution in [0.1, 0.15) is 33.1 Å². The lowest BCUT2D eigenvalue weighted by Crippen LogP contribution is -2.31. The van der Waals surface area contributed by atoms with Gasteiger partial charge in [0.25, 0.3) is 0 Å². The Morgan fingerprint density at radius 3 is 2.53 bits per heavy atom. The third-order valence-corrected chi connectivity index (χ3v) is 3.20. The highest BCUT2D eigenvalue weighted by atomic mass is 19.1. The van der Waals surface area contributed by atoms with Gasteiger partial charge in [-0.05, 0) is 37.1 Å². The number of halogens is 1. The summed E-state index contributed by atoms with van der Waals surface area (Å²) in [6.07, 6.45) is 2.80. The zero-order valence-electron chi connectivity index (χ0n) is 11.5. The van der Waals surface area contributed by atoms with Crippen LogP contribution in [0.3, 0.4) is 0 Å². The number of hydrogen-bond acceptors (Lipinski definition) is 3. The fraction of sp³-hybridized carbons (Fsp3) is 0.500. The first-order valence-corrected chi connectivity index (χ1v) is 6.43. The number of rotatable bonds is 7. The van der Waals surface area contributed by atoms with Gasteiger partial charge in [-0.15, -0.1) is 0 Å². The maximum absolute atomic E-state index is 12.7. The van der Waals surface area contributed by atoms with Gasteiger partial charge in [0.15, 0.2) is 0 Å². The molecule has 1 aromatic carbocycles. The molecule has 0 aliphatic rings. The molecule has 0 heterocycles. The third-order valence-electron chi connectivity index (χ3n) is 3.20. The van der Waals surface area contributed by atoms with Crippen LogP contribution in [0.4, 0.5) is 10.1 Å². The van der Waals surface area contributed by atoms with Crippen molar-refractivity contribution >= 4 is 11.5 Å². The van der Waals surface area contributed by atoms with Crippen LogP contribution in [0.15, 0.2) is 29.4 Å². The van der Waals surface area contributed by atoms with Gasteiger partial charge in [0.05, 0.1) is 0 Å². The van der Waals surface area contributed by atoms with Crippen LogP contribution < -0.4 is 11.1 Å². The molecule has 0 aliphatic heterocycles. The van der Waals surface area contributed by atoms with Crippen molar-refractivity contribution in [1.29, 1.82) is 0 Å². The maximum atomic E-state index is 12.7. The third kappa shape index (κ3) is 5.16. The van der Waals surface area contributed by atoms with E-state index in [1.807, 2.05) is 13.8 Å². The number of nitrogens with zero attached hydrogens (tertiary/aromatic N) is 1. The molecule has 0 saturated carbocycles. The number of amidine groups is 1. The second-order valence-corrected chi connectivity index (χ2v) is 5.26. The molecule has 0 unspecified atom stereocenters. The van der Waals surface area contributed by atoms with Gasteiger partial charge >= 0.3 is 0 Å². The summed E-state index contributed by atoms with van der Waals surface area (Å²) >= 11 is 0. The first-order valence-electron chi connectivity index (χ1n) is 6.43. The predicted molar refractivity (Wildman–Crippen MR) is 75.9 cm³/mol. The van der Waals surface area contributed by atoms with Crippen molar-refractivity contribution in [2.24, 2.45) is 16.3 Å². The molecule has 19 heavy (non-hydrogen) atoms. The summed E-state index contributed by atoms with van der Waals surface area (Å²) in [7, 11) is 0. The maximum Gasteiger partial charge on any atom is 0.144 e. The highest BCUT2D eigenvalue weighted by Gasteiger charge is 2.22. The van der Waals surface area contributed by atoms with Crippen LogP contribution in [0.5, 0.6) is 0 Å². The fourth-order valence-corrected chi connectivity index (χ4v) is 1.76. The number of hydrogen-bond donors (Lipinski definition) is 3. The molecule has 0 bridgehead atoms. The monoisotopic (exact) mass is 267 g/mol. The van der Waals surface area contributed by atoms with Crippen molar-refractivity contribution in [2.75, 3.05) is 11.9 Å². The molecule has 0 spiro atoms. The largest absolute Gasteiger partial charge is 0.409 e. The van der Waals surface area contributed by atoms with Gasteiger partial charge in [0.1, 0.15) is 11.7 Å². The van der Waals surface area contributed by atoms with E-state index in [0.29, 0.717) is 0 Å². The second kappa shape index (κ2) is 6.97. The Morgan fingerprint density at radius 1 is 1.32 bits per heavy atom. The lowest BCUT2D eigenvalue weighted by Gasteiger charge is -2.22. The highest BCUT2D eigenvalue weighted by Crippen LogP contribution is 2.23. The second-order valence-electron chi connectivity index (χ2n) is 5.26. The standard InChI is InChI=1S/C14H22FN3O/c1-14(2,13(16)18-19)9-3-4-10-17-12-7-5-11(15)6-8-12/h5-8,17,19H,3-4,9-10H2,1-2H3,(H2,16,18). The SMILES string of the molecule is CC(C)(CCCCNc1ccc(F)cc1)/C(N)=N/O. The molecular weight excluding hydrogens is 245 g/mol. The molecule has 106 valence electrons. The Hall–Kier alpha value is -1.78. The Bertz CT molecular complexity index is 415. The minimum atomic E-state index is -0.287. The minimum Gasteiger partial charge on any atom is -0.409 e. The predicted octanol–water partition coefficient (Wildman–Crippen LogP) is 3.18. The summed E-state index contributed by atoms with van der Waals surface area (Å²) in [5, 5.41) is 14.9. The molecule has 0 aliphatic carbocycles. The van der Waals surface area contributed by atoms with Crippen molar-refractivity contribution in [2.45, 2.75) is 33.1 Å². The van der Waals surface area contributed by atoms with E-state index in [2.05, 4.69) is 10.5 Å². The lowest BCUT2D eigenvalue weighted by atomic mass is 9.86. The van der Waals surface area contributed by atoms with Crippen LogP contribution in [-0.4, -0.2) is 17.6 Å². The molecule has 4 nitrogen and oxygen atoms in total. The molecule has 5 heteroatoms. The van der Waals surface area contributed by atoms with E-state index >= 15 is 0 Å². The zero-order valence-corrected chi connectivity index (χ0v) is 11.5. The summed E-state index contributed by atoms with van der Waals surface area (Å²) in [6, 6.07) is 6.30. The van der Waals surface area contributed by atoms with Crippen molar-refractivity contribution in [1.82, 2.24) is 0 Å². The van der Waals surface area contributed by atoms with Crippen LogP contribution in [0.25, 0.3) is 0 Å². The minimum absolute atomic E-state index is 0.230. The lowest BCUT2D eigenvalue weighted by molar-refractivity contribution is 0.304. The van der Waals surface area contributed by atoms with Gasteiger partial charge in [-0.3, -0.25) is 0 Å². The van der Waals surface area contributed by atoms with E-state index in [-0.39, 0.29) is 17.1 Å². The molecule has 1 rings (SSSR count). The average molecular weight is 267 g/mol. The first kappa shape index (κ1) is 15.3. The molecule has 0 fully saturated rings. The Morgan fingerprint density at radius 2 is 1.95 bits per heavy atom. The molecule has 1 aromatic rings. The first-order chi connectivity index (χ1) is 8.95. The molecule has 0 atom stereocenters. The van der Waals surface area contributed by atoms with Crippen molar-refractivity contribution in [3.8, 4) is 0 Å². The highest BCUT2D eigenvalue weighted by molar-refractivity contribution is 5.85.